The first-order valence-electron chi connectivity index (χ1n) is 6.92. The smallest absolute Gasteiger partial charge is 0.306 e. The summed E-state index contributed by atoms with van der Waals surface area (Å²) in [6, 6.07) is 0. The maximum atomic E-state index is 11.0. The number of rotatable bonds is 4. The molecule has 6 heteroatoms. The molecule has 1 saturated carbocycles. The van der Waals surface area contributed by atoms with Gasteiger partial charge in [-0.2, -0.15) is 4.98 Å². The van der Waals surface area contributed by atoms with Gasteiger partial charge in [-0.05, 0) is 24.7 Å². The monoisotopic (exact) mass is 282 g/mol. The summed E-state index contributed by atoms with van der Waals surface area (Å²) in [6.45, 7) is 6.15. The molecule has 0 aliphatic heterocycles. The maximum Gasteiger partial charge on any atom is 0.306 e. The Bertz CT molecular complexity index is 478. The second kappa shape index (κ2) is 5.52. The standard InChI is InChI=1S/C14H22N2O4/c1-14(2,3)10(19-4)11-15-12(20-16-11)8-5-6-9(7-8)13(17)18/h8-10H,5-7H2,1-4H3,(H,17,18). The Hall–Kier alpha value is -1.43. The molecule has 0 spiro atoms. The van der Waals surface area contributed by atoms with Crippen molar-refractivity contribution >= 4 is 5.97 Å². The fraction of sp³-hybridized carbons (Fsp3) is 0.786. The lowest BCUT2D eigenvalue weighted by atomic mass is 9.88. The maximum absolute atomic E-state index is 11.0. The molecule has 1 fully saturated rings. The second-order valence-electron chi connectivity index (χ2n) is 6.52. The molecule has 6 nitrogen and oxygen atoms in total. The van der Waals surface area contributed by atoms with Gasteiger partial charge in [-0.3, -0.25) is 4.79 Å². The first kappa shape index (κ1) is 15.0. The Kier molecular flexibility index (Phi) is 4.13. The third-order valence-corrected chi connectivity index (χ3v) is 3.85. The van der Waals surface area contributed by atoms with Crippen LogP contribution in [0.1, 0.15) is 63.8 Å². The minimum absolute atomic E-state index is 0.0508. The van der Waals surface area contributed by atoms with E-state index in [0.717, 1.165) is 6.42 Å². The molecule has 2 rings (SSSR count). The number of hydrogen-bond donors (Lipinski definition) is 1. The van der Waals surface area contributed by atoms with E-state index in [4.69, 9.17) is 14.4 Å². The Labute approximate surface area is 118 Å². The normalized spacial score (nSPS) is 24.8. The van der Waals surface area contributed by atoms with Crippen molar-refractivity contribution in [1.29, 1.82) is 0 Å². The summed E-state index contributed by atoms with van der Waals surface area (Å²) in [6.07, 6.45) is 1.79. The molecule has 3 unspecified atom stereocenters. The van der Waals surface area contributed by atoms with E-state index in [1.54, 1.807) is 7.11 Å². The van der Waals surface area contributed by atoms with Gasteiger partial charge < -0.3 is 14.4 Å². The van der Waals surface area contributed by atoms with Crippen LogP contribution in [0.5, 0.6) is 0 Å². The molecule has 1 aliphatic rings. The molecular formula is C14H22N2O4. The van der Waals surface area contributed by atoms with Gasteiger partial charge >= 0.3 is 5.97 Å². The van der Waals surface area contributed by atoms with Crippen LogP contribution >= 0.6 is 0 Å². The lowest BCUT2D eigenvalue weighted by Gasteiger charge is -2.26. The Morgan fingerprint density at radius 1 is 1.45 bits per heavy atom. The molecule has 1 heterocycles. The van der Waals surface area contributed by atoms with Crippen LogP contribution in [0.4, 0.5) is 0 Å². The summed E-state index contributed by atoms with van der Waals surface area (Å²) in [5.41, 5.74) is -0.130. The van der Waals surface area contributed by atoms with Gasteiger partial charge in [0.1, 0.15) is 6.10 Å². The minimum atomic E-state index is -0.739. The highest BCUT2D eigenvalue weighted by atomic mass is 16.5. The van der Waals surface area contributed by atoms with Crippen molar-refractivity contribution in [2.75, 3.05) is 7.11 Å². The van der Waals surface area contributed by atoms with E-state index in [9.17, 15) is 4.79 Å². The Morgan fingerprint density at radius 3 is 2.65 bits per heavy atom. The van der Waals surface area contributed by atoms with Gasteiger partial charge in [-0.25, -0.2) is 0 Å². The van der Waals surface area contributed by atoms with Crippen molar-refractivity contribution in [1.82, 2.24) is 10.1 Å². The molecule has 3 atom stereocenters. The van der Waals surface area contributed by atoms with E-state index in [1.807, 2.05) is 20.8 Å². The summed E-state index contributed by atoms with van der Waals surface area (Å²) < 4.78 is 10.8. The lowest BCUT2D eigenvalue weighted by Crippen LogP contribution is -2.21. The van der Waals surface area contributed by atoms with Crippen molar-refractivity contribution in [3.05, 3.63) is 11.7 Å². The van der Waals surface area contributed by atoms with E-state index in [2.05, 4.69) is 10.1 Å². The van der Waals surface area contributed by atoms with Gasteiger partial charge in [0.25, 0.3) is 0 Å². The molecule has 0 saturated heterocycles. The van der Waals surface area contributed by atoms with Crippen LogP contribution in [-0.4, -0.2) is 28.3 Å². The minimum Gasteiger partial charge on any atom is -0.481 e. The first-order chi connectivity index (χ1) is 9.32. The van der Waals surface area contributed by atoms with Crippen LogP contribution in [-0.2, 0) is 9.53 Å². The highest BCUT2D eigenvalue weighted by Crippen LogP contribution is 2.39. The predicted octanol–water partition coefficient (Wildman–Crippen LogP) is 2.77. The SMILES string of the molecule is COC(c1noc(C2CCC(C(=O)O)C2)n1)C(C)(C)C. The summed E-state index contributed by atoms with van der Waals surface area (Å²) in [4.78, 5) is 15.4. The zero-order chi connectivity index (χ0) is 14.9. The summed E-state index contributed by atoms with van der Waals surface area (Å²) in [5, 5.41) is 13.0. The lowest BCUT2D eigenvalue weighted by molar-refractivity contribution is -0.141. The predicted molar refractivity (Wildman–Crippen MR) is 71.2 cm³/mol. The van der Waals surface area contributed by atoms with Crippen molar-refractivity contribution < 1.29 is 19.2 Å². The molecular weight excluding hydrogens is 260 g/mol. The van der Waals surface area contributed by atoms with Crippen LogP contribution < -0.4 is 0 Å². The average molecular weight is 282 g/mol. The van der Waals surface area contributed by atoms with E-state index in [-0.39, 0.29) is 23.4 Å². The van der Waals surface area contributed by atoms with Crippen molar-refractivity contribution in [2.45, 2.75) is 52.1 Å². The number of aliphatic carboxylic acids is 1. The third kappa shape index (κ3) is 3.00. The number of carboxylic acid groups (broad SMARTS) is 1. The van der Waals surface area contributed by atoms with Crippen LogP contribution in [0.15, 0.2) is 4.52 Å². The van der Waals surface area contributed by atoms with Crippen LogP contribution in [0.2, 0.25) is 0 Å². The summed E-state index contributed by atoms with van der Waals surface area (Å²) in [7, 11) is 1.63. The zero-order valence-electron chi connectivity index (χ0n) is 12.4. The Morgan fingerprint density at radius 2 is 2.15 bits per heavy atom. The molecule has 1 aliphatic carbocycles. The van der Waals surface area contributed by atoms with E-state index in [0.29, 0.717) is 24.6 Å². The zero-order valence-corrected chi connectivity index (χ0v) is 12.4. The topological polar surface area (TPSA) is 85.5 Å². The molecule has 20 heavy (non-hydrogen) atoms. The molecule has 1 aromatic rings. The van der Waals surface area contributed by atoms with Gasteiger partial charge in [-0.1, -0.05) is 25.9 Å². The van der Waals surface area contributed by atoms with E-state index in [1.165, 1.54) is 0 Å². The van der Waals surface area contributed by atoms with Gasteiger partial charge in [0.15, 0.2) is 0 Å². The number of aromatic nitrogens is 2. The largest absolute Gasteiger partial charge is 0.481 e. The molecule has 0 aromatic carbocycles. The van der Waals surface area contributed by atoms with Crippen LogP contribution in [0.25, 0.3) is 0 Å². The van der Waals surface area contributed by atoms with Crippen molar-refractivity contribution in [3.8, 4) is 0 Å². The molecule has 112 valence electrons. The first-order valence-corrected chi connectivity index (χ1v) is 6.92. The van der Waals surface area contributed by atoms with Gasteiger partial charge in [-0.15, -0.1) is 0 Å². The molecule has 1 N–H and O–H groups in total. The number of ether oxygens (including phenoxy) is 1. The Balaban J connectivity index is 2.12. The highest BCUT2D eigenvalue weighted by Gasteiger charge is 2.36. The second-order valence-corrected chi connectivity index (χ2v) is 6.52. The van der Waals surface area contributed by atoms with E-state index >= 15 is 0 Å². The van der Waals surface area contributed by atoms with Gasteiger partial charge in [0, 0.05) is 13.0 Å². The molecule has 0 amide bonds. The summed E-state index contributed by atoms with van der Waals surface area (Å²) >= 11 is 0. The molecule has 0 bridgehead atoms. The number of carboxylic acids is 1. The van der Waals surface area contributed by atoms with Crippen LogP contribution in [0, 0.1) is 11.3 Å². The number of methoxy groups -OCH3 is 1. The molecule has 1 aromatic heterocycles. The van der Waals surface area contributed by atoms with Crippen LogP contribution in [0.3, 0.4) is 0 Å². The molecule has 0 radical (unpaired) electrons. The fourth-order valence-electron chi connectivity index (χ4n) is 2.80. The van der Waals surface area contributed by atoms with E-state index < -0.39 is 5.97 Å². The van der Waals surface area contributed by atoms with Gasteiger partial charge in [0.05, 0.1) is 5.92 Å². The van der Waals surface area contributed by atoms with Gasteiger partial charge in [0.2, 0.25) is 11.7 Å². The van der Waals surface area contributed by atoms with Crippen molar-refractivity contribution in [3.63, 3.8) is 0 Å². The quantitative estimate of drug-likeness (QED) is 0.914. The average Bonchev–Trinajstić information content (AvgIpc) is 2.94. The summed E-state index contributed by atoms with van der Waals surface area (Å²) in [5.74, 6) is 0.0894. The fourth-order valence-corrected chi connectivity index (χ4v) is 2.80. The number of nitrogens with zero attached hydrogens (tertiary/aromatic N) is 2. The third-order valence-electron chi connectivity index (χ3n) is 3.85. The number of carbonyl (C=O) groups is 1. The number of hydrogen-bond acceptors (Lipinski definition) is 5. The highest BCUT2D eigenvalue weighted by molar-refractivity contribution is 5.70. The van der Waals surface area contributed by atoms with Crippen molar-refractivity contribution in [2.24, 2.45) is 11.3 Å².